The fourth-order valence-electron chi connectivity index (χ4n) is 6.33. The van der Waals surface area contributed by atoms with E-state index in [1.165, 1.54) is 31.8 Å². The van der Waals surface area contributed by atoms with Crippen LogP contribution in [0.2, 0.25) is 0 Å². The van der Waals surface area contributed by atoms with Crippen LogP contribution in [-0.4, -0.2) is 38.8 Å². The molecule has 0 radical (unpaired) electrons. The number of urea groups is 1. The maximum absolute atomic E-state index is 15.2. The van der Waals surface area contributed by atoms with Crippen molar-refractivity contribution < 1.29 is 36.7 Å². The van der Waals surface area contributed by atoms with E-state index in [2.05, 4.69) is 47.4 Å². The highest BCUT2D eigenvalue weighted by Gasteiger charge is 2.35. The van der Waals surface area contributed by atoms with E-state index in [-0.39, 0.29) is 22.8 Å². The zero-order valence-electron chi connectivity index (χ0n) is 29.5. The van der Waals surface area contributed by atoms with E-state index in [1.54, 1.807) is 84.4 Å². The molecule has 0 saturated heterocycles. The number of methoxy groups -OCH3 is 1. The number of furan rings is 2. The Labute approximate surface area is 332 Å². The van der Waals surface area contributed by atoms with E-state index in [9.17, 15) is 14.0 Å². The smallest absolute Gasteiger partial charge is 0.439 e. The number of aromatic nitrogens is 4. The predicted octanol–water partition coefficient (Wildman–Crippen LogP) is 10.5. The minimum absolute atomic E-state index is 0.115. The lowest BCUT2D eigenvalue weighted by atomic mass is 10.1. The highest BCUT2D eigenvalue weighted by molar-refractivity contribution is 9.11. The van der Waals surface area contributed by atoms with E-state index in [0.717, 1.165) is 22.2 Å². The number of rotatable bonds is 7. The van der Waals surface area contributed by atoms with Gasteiger partial charge in [-0.25, -0.2) is 18.4 Å². The molecule has 3 amide bonds. The maximum Gasteiger partial charge on any atom is 0.439 e. The molecule has 4 heterocycles. The van der Waals surface area contributed by atoms with Crippen molar-refractivity contribution in [3.8, 4) is 34.0 Å². The van der Waals surface area contributed by atoms with E-state index < -0.39 is 23.8 Å². The van der Waals surface area contributed by atoms with Crippen molar-refractivity contribution in [2.45, 2.75) is 0 Å². The first-order valence-electron chi connectivity index (χ1n) is 16.6. The number of ether oxygens (including phenoxy) is 2. The molecule has 17 heteroatoms. The van der Waals surface area contributed by atoms with Crippen molar-refractivity contribution in [2.75, 3.05) is 22.4 Å². The third-order valence-corrected chi connectivity index (χ3v) is 10.0. The highest BCUT2D eigenvalue weighted by atomic mass is 79.9. The number of carbonyl (C=O) groups excluding carboxylic acids is 2. The van der Waals surface area contributed by atoms with Crippen molar-refractivity contribution in [3.05, 3.63) is 124 Å². The summed E-state index contributed by atoms with van der Waals surface area (Å²) >= 11 is 7.14. The summed E-state index contributed by atoms with van der Waals surface area (Å²) in [6.45, 7) is 0. The number of nitrogens with one attached hydrogen (secondary N) is 1. The molecule has 8 aromatic rings. The van der Waals surface area contributed by atoms with Crippen LogP contribution in [0, 0.1) is 11.6 Å². The molecule has 0 aliphatic heterocycles. The molecule has 0 unspecified atom stereocenters. The lowest BCUT2D eigenvalue weighted by molar-refractivity contribution is 0.206. The van der Waals surface area contributed by atoms with Crippen LogP contribution in [0.25, 0.3) is 44.5 Å². The average molecular weight is 887 g/mol. The second-order valence-electron chi connectivity index (χ2n) is 12.3. The Kier molecular flexibility index (Phi) is 9.55. The van der Waals surface area contributed by atoms with Crippen LogP contribution in [0.15, 0.2) is 122 Å². The Morgan fingerprint density at radius 3 is 1.77 bits per heavy atom. The lowest BCUT2D eigenvalue weighted by Crippen LogP contribution is -2.53. The van der Waals surface area contributed by atoms with Gasteiger partial charge in [-0.1, -0.05) is 0 Å². The highest BCUT2D eigenvalue weighted by Crippen LogP contribution is 2.41. The molecule has 56 heavy (non-hydrogen) atoms. The SMILES string of the molecule is COc1ccc(OC(=O)N(c2cc(-c3c(Br)cnn3C)c3occc3c2)N(C(=O)Nc2ccc(F)cc2F)c2cc(-c3c(Br)cnn3C)c3occc3c2)cc1. The Morgan fingerprint density at radius 1 is 0.732 bits per heavy atom. The van der Waals surface area contributed by atoms with Gasteiger partial charge in [0.25, 0.3) is 0 Å². The van der Waals surface area contributed by atoms with Gasteiger partial charge in [0.05, 0.1) is 69.4 Å². The number of aryl methyl sites for hydroxylation is 2. The van der Waals surface area contributed by atoms with Crippen LogP contribution in [0.4, 0.5) is 35.4 Å². The lowest BCUT2D eigenvalue weighted by Gasteiger charge is -2.34. The van der Waals surface area contributed by atoms with Gasteiger partial charge in [-0.2, -0.15) is 20.2 Å². The fraction of sp³-hybridized carbons (Fsp3) is 0.0769. The van der Waals surface area contributed by atoms with Crippen molar-refractivity contribution in [1.29, 1.82) is 0 Å². The second kappa shape index (κ2) is 14.6. The third-order valence-electron chi connectivity index (χ3n) is 8.86. The number of fused-ring (bicyclic) bond motifs is 2. The van der Waals surface area contributed by atoms with Gasteiger partial charge in [0.2, 0.25) is 0 Å². The minimum Gasteiger partial charge on any atom is -0.497 e. The van der Waals surface area contributed by atoms with Crippen molar-refractivity contribution in [1.82, 2.24) is 19.6 Å². The number of carbonyl (C=O) groups is 2. The predicted molar refractivity (Wildman–Crippen MR) is 212 cm³/mol. The van der Waals surface area contributed by atoms with Crippen LogP contribution in [0.5, 0.6) is 11.5 Å². The van der Waals surface area contributed by atoms with E-state index in [1.807, 2.05) is 0 Å². The number of hydrogen-bond acceptors (Lipinski definition) is 8. The molecule has 0 aliphatic carbocycles. The van der Waals surface area contributed by atoms with Crippen LogP contribution in [0.1, 0.15) is 0 Å². The molecule has 8 rings (SSSR count). The van der Waals surface area contributed by atoms with Gasteiger partial charge in [0.1, 0.15) is 34.3 Å². The first-order valence-corrected chi connectivity index (χ1v) is 18.2. The molecule has 0 bridgehead atoms. The molecular formula is C39H27Br2F2N7O6. The quantitative estimate of drug-likeness (QED) is 0.156. The Hall–Kier alpha value is -6.46. The van der Waals surface area contributed by atoms with Gasteiger partial charge < -0.3 is 23.6 Å². The number of amides is 3. The molecule has 282 valence electrons. The van der Waals surface area contributed by atoms with Crippen molar-refractivity contribution in [3.63, 3.8) is 0 Å². The van der Waals surface area contributed by atoms with Gasteiger partial charge in [-0.05, 0) is 105 Å². The molecule has 0 spiro atoms. The second-order valence-corrected chi connectivity index (χ2v) is 14.0. The largest absolute Gasteiger partial charge is 0.497 e. The number of nitrogens with zero attached hydrogens (tertiary/aromatic N) is 6. The van der Waals surface area contributed by atoms with Crippen molar-refractivity contribution in [2.24, 2.45) is 14.1 Å². The Balaban J connectivity index is 1.39. The molecule has 0 atom stereocenters. The van der Waals surface area contributed by atoms with E-state index in [4.69, 9.17) is 18.3 Å². The van der Waals surface area contributed by atoms with E-state index in [0.29, 0.717) is 65.2 Å². The van der Waals surface area contributed by atoms with Gasteiger partial charge in [0.15, 0.2) is 0 Å². The summed E-state index contributed by atoms with van der Waals surface area (Å²) in [7, 11) is 4.98. The number of hydrazine groups is 1. The van der Waals surface area contributed by atoms with E-state index >= 15 is 4.39 Å². The van der Waals surface area contributed by atoms with Crippen LogP contribution < -0.4 is 24.8 Å². The van der Waals surface area contributed by atoms with Crippen LogP contribution >= 0.6 is 31.9 Å². The fourth-order valence-corrected chi connectivity index (χ4v) is 7.45. The summed E-state index contributed by atoms with van der Waals surface area (Å²) in [4.78, 5) is 29.7. The van der Waals surface area contributed by atoms with Gasteiger partial charge in [-0.3, -0.25) is 9.36 Å². The normalized spacial score (nSPS) is 11.3. The molecule has 1 N–H and O–H groups in total. The number of halogens is 4. The first kappa shape index (κ1) is 36.5. The summed E-state index contributed by atoms with van der Waals surface area (Å²) in [6.07, 6.45) is 5.16. The number of hydrogen-bond donors (Lipinski definition) is 1. The van der Waals surface area contributed by atoms with Gasteiger partial charge >= 0.3 is 12.1 Å². The van der Waals surface area contributed by atoms with Crippen LogP contribution in [-0.2, 0) is 14.1 Å². The number of benzene rings is 4. The molecule has 0 saturated carbocycles. The molecular weight excluding hydrogens is 860 g/mol. The Morgan fingerprint density at radius 2 is 1.27 bits per heavy atom. The molecule has 0 fully saturated rings. The molecule has 4 aromatic heterocycles. The van der Waals surface area contributed by atoms with Gasteiger partial charge in [0, 0.05) is 42.1 Å². The van der Waals surface area contributed by atoms with Gasteiger partial charge in [-0.15, -0.1) is 0 Å². The maximum atomic E-state index is 15.2. The molecule has 13 nitrogen and oxygen atoms in total. The monoisotopic (exact) mass is 885 g/mol. The zero-order chi connectivity index (χ0) is 39.2. The zero-order valence-corrected chi connectivity index (χ0v) is 32.6. The minimum atomic E-state index is -1.04. The topological polar surface area (TPSA) is 133 Å². The van der Waals surface area contributed by atoms with Crippen molar-refractivity contribution >= 4 is 83.0 Å². The summed E-state index contributed by atoms with van der Waals surface area (Å²) in [5, 5.41) is 14.3. The molecule has 0 aliphatic rings. The van der Waals surface area contributed by atoms with Crippen LogP contribution in [0.3, 0.4) is 0 Å². The third kappa shape index (κ3) is 6.64. The Bertz CT molecular complexity index is 2760. The standard InChI is InChI=1S/C39H27Br2F2N7O6/c1-47-34(30(40)19-44-47)28-17-24(14-21-10-12-54-36(21)28)49(38(51)46-33-9-4-23(42)16-32(33)43)50(39(52)56-27-7-5-26(53-3)6-8-27)25-15-22-11-13-55-37(22)29(18-25)35-31(41)20-45-48(35)2/h4-20H,1-3H3,(H,46,51). The summed E-state index contributed by atoms with van der Waals surface area (Å²) in [5.41, 5.74) is 3.01. The summed E-state index contributed by atoms with van der Waals surface area (Å²) in [5.74, 6) is -1.25. The summed E-state index contributed by atoms with van der Waals surface area (Å²) in [6, 6.07) is 17.9. The summed E-state index contributed by atoms with van der Waals surface area (Å²) < 4.78 is 56.7. The average Bonchev–Trinajstić information content (AvgIpc) is 3.99. The molecule has 4 aromatic carbocycles. The first-order chi connectivity index (χ1) is 27.0. The number of anilines is 3.